The molecule has 2 aromatic rings. The van der Waals surface area contributed by atoms with E-state index in [-0.39, 0.29) is 11.9 Å². The molecule has 1 aliphatic carbocycles. The largest absolute Gasteiger partial charge is 0.497 e. The van der Waals surface area contributed by atoms with Gasteiger partial charge in [-0.3, -0.25) is 4.79 Å². The monoisotopic (exact) mass is 366 g/mol. The van der Waals surface area contributed by atoms with Crippen LogP contribution in [0.25, 0.3) is 11.6 Å². The van der Waals surface area contributed by atoms with Crippen molar-refractivity contribution < 1.29 is 19.1 Å². The molecule has 1 aliphatic heterocycles. The molecule has 140 valence electrons. The van der Waals surface area contributed by atoms with Crippen LogP contribution in [0.2, 0.25) is 0 Å². The Morgan fingerprint density at radius 2 is 2.00 bits per heavy atom. The Morgan fingerprint density at radius 3 is 2.74 bits per heavy atom. The third-order valence-electron chi connectivity index (χ3n) is 5.13. The Morgan fingerprint density at radius 1 is 1.22 bits per heavy atom. The number of carbonyl (C=O) groups is 2. The van der Waals surface area contributed by atoms with Crippen molar-refractivity contribution in [1.29, 1.82) is 0 Å². The van der Waals surface area contributed by atoms with E-state index in [4.69, 9.17) is 9.47 Å². The summed E-state index contributed by atoms with van der Waals surface area (Å²) in [5.74, 6) is 0.202. The van der Waals surface area contributed by atoms with Gasteiger partial charge in [-0.25, -0.2) is 4.79 Å². The number of nitrogens with one attached hydrogen (secondary N) is 2. The maximum atomic E-state index is 12.5. The number of carbonyl (C=O) groups excluding carboxylic acids is 2. The number of anilines is 1. The molecule has 0 spiro atoms. The average molecular weight is 366 g/mol. The molecule has 4 rings (SSSR count). The predicted molar refractivity (Wildman–Crippen MR) is 103 cm³/mol. The highest BCUT2D eigenvalue weighted by molar-refractivity contribution is 6.35. The van der Waals surface area contributed by atoms with Crippen molar-refractivity contribution in [2.45, 2.75) is 32.6 Å². The summed E-state index contributed by atoms with van der Waals surface area (Å²) in [6, 6.07) is 5.52. The molecule has 1 aromatic heterocycles. The molecular weight excluding hydrogens is 344 g/mol. The van der Waals surface area contributed by atoms with Gasteiger partial charge in [-0.1, -0.05) is 0 Å². The second-order valence-electron chi connectivity index (χ2n) is 6.72. The minimum Gasteiger partial charge on any atom is -0.497 e. The summed E-state index contributed by atoms with van der Waals surface area (Å²) < 4.78 is 10.4. The molecule has 0 unspecified atom stereocenters. The average Bonchev–Trinajstić information content (AvgIpc) is 3.20. The van der Waals surface area contributed by atoms with E-state index in [1.165, 1.54) is 0 Å². The van der Waals surface area contributed by atoms with Crippen LogP contribution >= 0.6 is 0 Å². The first kappa shape index (κ1) is 17.4. The van der Waals surface area contributed by atoms with E-state index < -0.39 is 0 Å². The summed E-state index contributed by atoms with van der Waals surface area (Å²) in [4.78, 5) is 28.1. The maximum absolute atomic E-state index is 12.5. The Hall–Kier alpha value is -3.02. The number of rotatable bonds is 4. The van der Waals surface area contributed by atoms with Crippen LogP contribution in [-0.4, -0.2) is 30.6 Å². The van der Waals surface area contributed by atoms with E-state index in [0.717, 1.165) is 53.8 Å². The van der Waals surface area contributed by atoms with E-state index in [2.05, 4.69) is 10.3 Å². The van der Waals surface area contributed by atoms with Gasteiger partial charge in [-0.2, -0.15) is 0 Å². The predicted octanol–water partition coefficient (Wildman–Crippen LogP) is 3.57. The lowest BCUT2D eigenvalue weighted by Crippen LogP contribution is -2.10. The SMILES string of the molecule is CCOC(=O)c1[nH]c(/C=C2\C(=O)Nc3cc(OC)ccc32)c2c1CCCC2. The zero-order valence-electron chi connectivity index (χ0n) is 15.5. The summed E-state index contributed by atoms with van der Waals surface area (Å²) in [7, 11) is 1.59. The lowest BCUT2D eigenvalue weighted by molar-refractivity contribution is -0.110. The van der Waals surface area contributed by atoms with Crippen LogP contribution in [-0.2, 0) is 22.4 Å². The molecule has 0 saturated heterocycles. The number of hydrogen-bond acceptors (Lipinski definition) is 4. The van der Waals surface area contributed by atoms with Crippen LogP contribution in [0.15, 0.2) is 18.2 Å². The van der Waals surface area contributed by atoms with Crippen molar-refractivity contribution in [1.82, 2.24) is 4.98 Å². The number of aromatic amines is 1. The van der Waals surface area contributed by atoms with Crippen molar-refractivity contribution in [3.05, 3.63) is 46.3 Å². The lowest BCUT2D eigenvalue weighted by atomic mass is 9.91. The summed E-state index contributed by atoms with van der Waals surface area (Å²) in [6.07, 6.45) is 5.71. The minimum absolute atomic E-state index is 0.157. The van der Waals surface area contributed by atoms with Gasteiger partial charge in [0.2, 0.25) is 0 Å². The maximum Gasteiger partial charge on any atom is 0.355 e. The number of ether oxygens (including phenoxy) is 2. The highest BCUT2D eigenvalue weighted by Crippen LogP contribution is 2.37. The zero-order valence-corrected chi connectivity index (χ0v) is 15.5. The molecular formula is C21H22N2O4. The topological polar surface area (TPSA) is 80.4 Å². The zero-order chi connectivity index (χ0) is 19.0. The number of aromatic nitrogens is 1. The van der Waals surface area contributed by atoms with Gasteiger partial charge in [0.15, 0.2) is 0 Å². The number of H-pyrrole nitrogens is 1. The minimum atomic E-state index is -0.332. The first-order chi connectivity index (χ1) is 13.1. The highest BCUT2D eigenvalue weighted by Gasteiger charge is 2.28. The van der Waals surface area contributed by atoms with E-state index in [9.17, 15) is 9.59 Å². The molecule has 0 radical (unpaired) electrons. The molecule has 27 heavy (non-hydrogen) atoms. The Bertz CT molecular complexity index is 955. The summed E-state index contributed by atoms with van der Waals surface area (Å²) in [5, 5.41) is 2.88. The third kappa shape index (κ3) is 3.01. The van der Waals surface area contributed by atoms with Gasteiger partial charge >= 0.3 is 5.97 Å². The van der Waals surface area contributed by atoms with Crippen LogP contribution in [0.5, 0.6) is 5.75 Å². The van der Waals surface area contributed by atoms with Gasteiger partial charge in [0.25, 0.3) is 5.91 Å². The first-order valence-electron chi connectivity index (χ1n) is 9.24. The van der Waals surface area contributed by atoms with Crippen LogP contribution in [0.1, 0.15) is 52.6 Å². The van der Waals surface area contributed by atoms with Crippen LogP contribution in [0.3, 0.4) is 0 Å². The van der Waals surface area contributed by atoms with E-state index in [0.29, 0.717) is 23.6 Å². The number of esters is 1. The fourth-order valence-corrected chi connectivity index (χ4v) is 3.85. The second-order valence-corrected chi connectivity index (χ2v) is 6.72. The molecule has 2 N–H and O–H groups in total. The fourth-order valence-electron chi connectivity index (χ4n) is 3.85. The summed E-state index contributed by atoms with van der Waals surface area (Å²) in [5.41, 5.74) is 5.63. The molecule has 1 amide bonds. The van der Waals surface area contributed by atoms with Crippen molar-refractivity contribution in [2.75, 3.05) is 19.0 Å². The summed E-state index contributed by atoms with van der Waals surface area (Å²) >= 11 is 0. The quantitative estimate of drug-likeness (QED) is 0.640. The van der Waals surface area contributed by atoms with Crippen LogP contribution in [0, 0.1) is 0 Å². The van der Waals surface area contributed by atoms with E-state index >= 15 is 0 Å². The molecule has 6 nitrogen and oxygen atoms in total. The van der Waals surface area contributed by atoms with Crippen LogP contribution in [0.4, 0.5) is 5.69 Å². The Balaban J connectivity index is 1.79. The van der Waals surface area contributed by atoms with Gasteiger partial charge < -0.3 is 19.8 Å². The molecule has 0 bridgehead atoms. The fraction of sp³-hybridized carbons (Fsp3) is 0.333. The van der Waals surface area contributed by atoms with Gasteiger partial charge in [0.05, 0.1) is 25.0 Å². The molecule has 2 aliphatic rings. The van der Waals surface area contributed by atoms with Gasteiger partial charge in [-0.15, -0.1) is 0 Å². The van der Waals surface area contributed by atoms with Crippen molar-refractivity contribution >= 4 is 29.2 Å². The number of hydrogen-bond donors (Lipinski definition) is 2. The molecule has 0 atom stereocenters. The number of fused-ring (bicyclic) bond motifs is 2. The number of amides is 1. The van der Waals surface area contributed by atoms with Gasteiger partial charge in [0.1, 0.15) is 11.4 Å². The molecule has 1 aromatic carbocycles. The Kier molecular flexibility index (Phi) is 4.48. The van der Waals surface area contributed by atoms with Gasteiger partial charge in [0, 0.05) is 17.3 Å². The molecule has 0 saturated carbocycles. The normalized spacial score (nSPS) is 16.7. The van der Waals surface area contributed by atoms with E-state index in [1.54, 1.807) is 14.0 Å². The number of methoxy groups -OCH3 is 1. The van der Waals surface area contributed by atoms with E-state index in [1.807, 2.05) is 24.3 Å². The molecule has 6 heteroatoms. The first-order valence-corrected chi connectivity index (χ1v) is 9.24. The molecule has 2 heterocycles. The summed E-state index contributed by atoms with van der Waals surface area (Å²) in [6.45, 7) is 2.13. The van der Waals surface area contributed by atoms with Crippen molar-refractivity contribution in [3.8, 4) is 5.75 Å². The van der Waals surface area contributed by atoms with Gasteiger partial charge in [-0.05, 0) is 61.9 Å². The Labute approximate surface area is 157 Å². The third-order valence-corrected chi connectivity index (χ3v) is 5.13. The van der Waals surface area contributed by atoms with Crippen molar-refractivity contribution in [3.63, 3.8) is 0 Å². The lowest BCUT2D eigenvalue weighted by Gasteiger charge is -2.13. The van der Waals surface area contributed by atoms with Crippen LogP contribution < -0.4 is 10.1 Å². The highest BCUT2D eigenvalue weighted by atomic mass is 16.5. The molecule has 0 fully saturated rings. The number of benzene rings is 1. The van der Waals surface area contributed by atoms with Crippen molar-refractivity contribution in [2.24, 2.45) is 0 Å². The smallest absolute Gasteiger partial charge is 0.355 e. The second kappa shape index (κ2) is 6.95. The standard InChI is InChI=1S/C21H22N2O4/c1-3-27-21(25)19-15-7-5-4-6-13(15)18(22-19)11-16-14-9-8-12(26-2)10-17(14)23-20(16)24/h8-11,22H,3-7H2,1-2H3,(H,23,24)/b16-11-.